The summed E-state index contributed by atoms with van der Waals surface area (Å²) in [6, 6.07) is 19.3. The molecule has 4 rings (SSSR count). The fourth-order valence-electron chi connectivity index (χ4n) is 3.66. The van der Waals surface area contributed by atoms with E-state index in [-0.39, 0.29) is 29.0 Å². The van der Waals surface area contributed by atoms with Crippen LogP contribution >= 0.6 is 11.8 Å². The zero-order chi connectivity index (χ0) is 25.8. The van der Waals surface area contributed by atoms with Crippen LogP contribution in [0.1, 0.15) is 40.1 Å². The van der Waals surface area contributed by atoms with Crippen LogP contribution in [0.25, 0.3) is 16.6 Å². The predicted octanol–water partition coefficient (Wildman–Crippen LogP) is 4.82. The second-order valence-electron chi connectivity index (χ2n) is 8.67. The number of thioether (sulfide) groups is 1. The first-order chi connectivity index (χ1) is 17.3. The number of nitrogens with zero attached hydrogens (tertiary/aromatic N) is 2. The van der Waals surface area contributed by atoms with Crippen LogP contribution in [0.4, 0.5) is 0 Å². The topological polar surface area (TPSA) is 90.3 Å². The van der Waals surface area contributed by atoms with E-state index in [4.69, 9.17) is 9.72 Å². The smallest absolute Gasteiger partial charge is 0.266 e. The number of amides is 1. The number of aromatic nitrogens is 2. The Labute approximate surface area is 213 Å². The van der Waals surface area contributed by atoms with Crippen LogP contribution in [0.3, 0.4) is 0 Å². The molecule has 0 fully saturated rings. The molecule has 0 saturated heterocycles. The largest absolute Gasteiger partial charge is 0.497 e. The molecule has 1 amide bonds. The summed E-state index contributed by atoms with van der Waals surface area (Å²) < 4.78 is 6.73. The number of ketones is 1. The number of benzene rings is 3. The van der Waals surface area contributed by atoms with Gasteiger partial charge in [0.15, 0.2) is 10.9 Å². The molecule has 0 atom stereocenters. The predicted molar refractivity (Wildman–Crippen MR) is 143 cm³/mol. The summed E-state index contributed by atoms with van der Waals surface area (Å²) in [5, 5.41) is 3.59. The van der Waals surface area contributed by atoms with Crippen molar-refractivity contribution in [1.29, 1.82) is 0 Å². The van der Waals surface area contributed by atoms with Crippen molar-refractivity contribution in [3.63, 3.8) is 0 Å². The van der Waals surface area contributed by atoms with E-state index in [1.54, 1.807) is 61.7 Å². The maximum Gasteiger partial charge on any atom is 0.266 e. The van der Waals surface area contributed by atoms with Gasteiger partial charge in [0.25, 0.3) is 11.5 Å². The number of Topliss-reactive ketones (excluding diaryl/α,β-unsaturated/α-hetero) is 1. The van der Waals surface area contributed by atoms with Gasteiger partial charge in [0.2, 0.25) is 0 Å². The molecule has 1 N–H and O–H groups in total. The van der Waals surface area contributed by atoms with Crippen LogP contribution in [0.5, 0.6) is 5.75 Å². The fourth-order valence-corrected chi connectivity index (χ4v) is 4.57. The van der Waals surface area contributed by atoms with Crippen molar-refractivity contribution in [3.05, 3.63) is 93.8 Å². The Hall–Kier alpha value is -3.91. The summed E-state index contributed by atoms with van der Waals surface area (Å²) in [7, 11) is 1.57. The normalized spacial score (nSPS) is 11.0. The molecule has 0 bridgehead atoms. The van der Waals surface area contributed by atoms with Crippen molar-refractivity contribution in [1.82, 2.24) is 14.9 Å². The van der Waals surface area contributed by atoms with Gasteiger partial charge in [-0.05, 0) is 63.2 Å². The zero-order valence-corrected chi connectivity index (χ0v) is 21.4. The van der Waals surface area contributed by atoms with E-state index in [0.29, 0.717) is 38.6 Å². The second-order valence-corrected chi connectivity index (χ2v) is 9.61. The lowest BCUT2D eigenvalue weighted by Gasteiger charge is -2.14. The SMILES string of the molecule is COc1ccc(-n2c(SCC(=O)c3ccc(C)cc3)nc3cc(C(=O)NC(C)C)ccc3c2=O)cc1. The summed E-state index contributed by atoms with van der Waals surface area (Å²) in [4.78, 5) is 43.7. The number of fused-ring (bicyclic) bond motifs is 1. The standard InChI is InChI=1S/C28H27N3O4S/c1-17(2)29-26(33)20-9-14-23-24(15-20)30-28(36-16-25(32)19-7-5-18(3)6-8-19)31(27(23)34)21-10-12-22(35-4)13-11-21/h5-15,17H,16H2,1-4H3,(H,29,33). The molecule has 4 aromatic rings. The first kappa shape index (κ1) is 25.2. The van der Waals surface area contributed by atoms with Gasteiger partial charge in [0.1, 0.15) is 5.75 Å². The Morgan fingerprint density at radius 3 is 2.31 bits per heavy atom. The molecule has 0 unspecified atom stereocenters. The summed E-state index contributed by atoms with van der Waals surface area (Å²) in [5.41, 5.74) is 2.79. The van der Waals surface area contributed by atoms with Gasteiger partial charge in [-0.15, -0.1) is 0 Å². The van der Waals surface area contributed by atoms with Crippen molar-refractivity contribution in [3.8, 4) is 11.4 Å². The first-order valence-electron chi connectivity index (χ1n) is 11.5. The fraction of sp³-hybridized carbons (Fsp3) is 0.214. The van der Waals surface area contributed by atoms with E-state index in [1.807, 2.05) is 32.9 Å². The molecule has 184 valence electrons. The number of nitrogens with one attached hydrogen (secondary N) is 1. The lowest BCUT2D eigenvalue weighted by Crippen LogP contribution is -2.30. The van der Waals surface area contributed by atoms with Gasteiger partial charge in [-0.1, -0.05) is 41.6 Å². The third-order valence-corrected chi connectivity index (χ3v) is 6.50. The minimum atomic E-state index is -0.286. The van der Waals surface area contributed by atoms with Gasteiger partial charge in [0.05, 0.1) is 29.5 Å². The van der Waals surface area contributed by atoms with Gasteiger partial charge in [-0.25, -0.2) is 4.98 Å². The summed E-state index contributed by atoms with van der Waals surface area (Å²) in [5.74, 6) is 0.451. The van der Waals surface area contributed by atoms with Crippen LogP contribution in [-0.4, -0.2) is 40.1 Å². The van der Waals surface area contributed by atoms with Crippen molar-refractivity contribution in [2.75, 3.05) is 12.9 Å². The summed E-state index contributed by atoms with van der Waals surface area (Å²) >= 11 is 1.18. The van der Waals surface area contributed by atoms with Crippen molar-refractivity contribution < 1.29 is 14.3 Å². The average molecular weight is 502 g/mol. The highest BCUT2D eigenvalue weighted by molar-refractivity contribution is 7.99. The number of hydrogen-bond donors (Lipinski definition) is 1. The molecule has 0 aliphatic rings. The van der Waals surface area contributed by atoms with Gasteiger partial charge < -0.3 is 10.1 Å². The van der Waals surface area contributed by atoms with E-state index >= 15 is 0 Å². The molecule has 1 heterocycles. The third-order valence-electron chi connectivity index (χ3n) is 5.56. The maximum atomic E-state index is 13.6. The van der Waals surface area contributed by atoms with Crippen LogP contribution in [0.2, 0.25) is 0 Å². The Morgan fingerprint density at radius 2 is 1.67 bits per heavy atom. The minimum absolute atomic E-state index is 0.0249. The molecular weight excluding hydrogens is 474 g/mol. The highest BCUT2D eigenvalue weighted by Gasteiger charge is 2.17. The highest BCUT2D eigenvalue weighted by atomic mass is 32.2. The first-order valence-corrected chi connectivity index (χ1v) is 12.5. The molecule has 3 aromatic carbocycles. The Kier molecular flexibility index (Phi) is 7.55. The number of methoxy groups -OCH3 is 1. The van der Waals surface area contributed by atoms with Crippen molar-refractivity contribution >= 4 is 34.4 Å². The minimum Gasteiger partial charge on any atom is -0.497 e. The number of carbonyl (C=O) groups is 2. The summed E-state index contributed by atoms with van der Waals surface area (Å²) in [6.07, 6.45) is 0. The molecule has 0 radical (unpaired) electrons. The lowest BCUT2D eigenvalue weighted by atomic mass is 10.1. The quantitative estimate of drug-likeness (QED) is 0.212. The van der Waals surface area contributed by atoms with Gasteiger partial charge >= 0.3 is 0 Å². The van der Waals surface area contributed by atoms with E-state index < -0.39 is 0 Å². The molecule has 0 spiro atoms. The van der Waals surface area contributed by atoms with Crippen LogP contribution in [0.15, 0.2) is 76.7 Å². The second kappa shape index (κ2) is 10.8. The molecule has 7 nitrogen and oxygen atoms in total. The van der Waals surface area contributed by atoms with Gasteiger partial charge in [-0.2, -0.15) is 0 Å². The third kappa shape index (κ3) is 5.49. The number of rotatable bonds is 8. The van der Waals surface area contributed by atoms with Crippen LogP contribution in [-0.2, 0) is 0 Å². The van der Waals surface area contributed by atoms with Crippen molar-refractivity contribution in [2.24, 2.45) is 0 Å². The molecule has 0 aliphatic heterocycles. The lowest BCUT2D eigenvalue weighted by molar-refractivity contribution is 0.0942. The molecule has 0 saturated carbocycles. The van der Waals surface area contributed by atoms with Gasteiger partial charge in [-0.3, -0.25) is 19.0 Å². The monoisotopic (exact) mass is 501 g/mol. The number of ether oxygens (including phenoxy) is 1. The van der Waals surface area contributed by atoms with Crippen LogP contribution in [0, 0.1) is 6.92 Å². The maximum absolute atomic E-state index is 13.6. The van der Waals surface area contributed by atoms with E-state index in [2.05, 4.69) is 5.32 Å². The number of aryl methyl sites for hydroxylation is 1. The number of hydrogen-bond acceptors (Lipinski definition) is 6. The molecular formula is C28H27N3O4S. The van der Waals surface area contributed by atoms with E-state index in [1.165, 1.54) is 16.3 Å². The molecule has 8 heteroatoms. The summed E-state index contributed by atoms with van der Waals surface area (Å²) in [6.45, 7) is 5.72. The molecule has 0 aliphatic carbocycles. The Balaban J connectivity index is 1.78. The van der Waals surface area contributed by atoms with Crippen molar-refractivity contribution in [2.45, 2.75) is 32.0 Å². The zero-order valence-electron chi connectivity index (χ0n) is 20.6. The Bertz CT molecular complexity index is 1480. The van der Waals surface area contributed by atoms with Crippen LogP contribution < -0.4 is 15.6 Å². The average Bonchev–Trinajstić information content (AvgIpc) is 2.87. The highest BCUT2D eigenvalue weighted by Crippen LogP contribution is 2.24. The van der Waals surface area contributed by atoms with Gasteiger partial charge in [0, 0.05) is 17.2 Å². The Morgan fingerprint density at radius 1 is 1.00 bits per heavy atom. The molecule has 1 aromatic heterocycles. The van der Waals surface area contributed by atoms with E-state index in [0.717, 1.165) is 5.56 Å². The number of carbonyl (C=O) groups excluding carboxylic acids is 2. The molecule has 36 heavy (non-hydrogen) atoms. The van der Waals surface area contributed by atoms with E-state index in [9.17, 15) is 14.4 Å².